The minimum Gasteiger partial charge on any atom is -0.309 e. The van der Waals surface area contributed by atoms with Crippen LogP contribution in [0.15, 0.2) is 46.1 Å². The number of fused-ring (bicyclic) bond motifs is 1. The number of nitrogens with zero attached hydrogens (tertiary/aromatic N) is 2. The first-order valence-corrected chi connectivity index (χ1v) is 7.88. The van der Waals surface area contributed by atoms with Crippen molar-refractivity contribution in [3.8, 4) is 6.07 Å². The molecule has 0 aliphatic heterocycles. The third kappa shape index (κ3) is 3.10. The smallest absolute Gasteiger partial charge is 0.258 e. The number of benzene rings is 2. The molecule has 0 saturated heterocycles. The van der Waals surface area contributed by atoms with Gasteiger partial charge in [0.25, 0.3) is 5.56 Å². The fourth-order valence-corrected chi connectivity index (χ4v) is 3.04. The maximum atomic E-state index is 13.9. The molecule has 23 heavy (non-hydrogen) atoms. The van der Waals surface area contributed by atoms with Gasteiger partial charge in [-0.25, -0.2) is 9.37 Å². The third-order valence-corrected chi connectivity index (χ3v) is 4.47. The van der Waals surface area contributed by atoms with Crippen LogP contribution in [0.1, 0.15) is 17.0 Å². The number of rotatable bonds is 3. The molecule has 0 aliphatic carbocycles. The first kappa shape index (κ1) is 15.3. The van der Waals surface area contributed by atoms with Crippen LogP contribution in [-0.4, -0.2) is 9.97 Å². The summed E-state index contributed by atoms with van der Waals surface area (Å²) in [5.74, 6) is 0.376. The number of aromatic nitrogens is 2. The van der Waals surface area contributed by atoms with Crippen molar-refractivity contribution < 1.29 is 4.39 Å². The zero-order valence-electron chi connectivity index (χ0n) is 12.3. The Morgan fingerprint density at radius 2 is 2.17 bits per heavy atom. The van der Waals surface area contributed by atoms with Gasteiger partial charge in [-0.05, 0) is 36.8 Å². The zero-order chi connectivity index (χ0) is 16.4. The molecule has 0 fully saturated rings. The Morgan fingerprint density at radius 3 is 2.91 bits per heavy atom. The summed E-state index contributed by atoms with van der Waals surface area (Å²) in [4.78, 5) is 19.7. The average molecular weight is 325 g/mol. The summed E-state index contributed by atoms with van der Waals surface area (Å²) < 4.78 is 13.9. The summed E-state index contributed by atoms with van der Waals surface area (Å²) in [6, 6.07) is 11.6. The highest BCUT2D eigenvalue weighted by Crippen LogP contribution is 2.25. The van der Waals surface area contributed by atoms with E-state index in [2.05, 4.69) is 9.97 Å². The fraction of sp³-hybridized carbons (Fsp3) is 0.118. The Hall–Kier alpha value is -2.65. The molecule has 0 unspecified atom stereocenters. The number of aromatic amines is 1. The van der Waals surface area contributed by atoms with Crippen LogP contribution >= 0.6 is 11.8 Å². The van der Waals surface area contributed by atoms with Gasteiger partial charge in [-0.15, -0.1) is 11.8 Å². The number of H-pyrrole nitrogens is 1. The van der Waals surface area contributed by atoms with Gasteiger partial charge in [0.05, 0.1) is 28.3 Å². The number of aryl methyl sites for hydroxylation is 1. The highest BCUT2D eigenvalue weighted by atomic mass is 32.2. The first-order chi connectivity index (χ1) is 11.1. The van der Waals surface area contributed by atoms with E-state index < -0.39 is 5.82 Å². The minimum absolute atomic E-state index is 0.199. The van der Waals surface area contributed by atoms with Crippen molar-refractivity contribution in [3.05, 3.63) is 69.5 Å². The lowest BCUT2D eigenvalue weighted by atomic mass is 10.1. The monoisotopic (exact) mass is 325 g/mol. The van der Waals surface area contributed by atoms with Crippen molar-refractivity contribution in [2.24, 2.45) is 0 Å². The number of nitriles is 1. The number of halogens is 1. The van der Waals surface area contributed by atoms with Gasteiger partial charge in [-0.3, -0.25) is 4.79 Å². The van der Waals surface area contributed by atoms with Crippen molar-refractivity contribution in [1.29, 1.82) is 5.26 Å². The molecule has 2 aromatic carbocycles. The van der Waals surface area contributed by atoms with Crippen molar-refractivity contribution in [3.63, 3.8) is 0 Å². The Kier molecular flexibility index (Phi) is 4.13. The molecule has 114 valence electrons. The van der Waals surface area contributed by atoms with E-state index in [1.165, 1.54) is 17.8 Å². The Balaban J connectivity index is 1.89. The van der Waals surface area contributed by atoms with Crippen LogP contribution in [0, 0.1) is 24.1 Å². The number of hydrogen-bond donors (Lipinski definition) is 1. The standard InChI is InChI=1S/C17H12FN3OS/c1-10-3-2-4-12-16(10)20-15(21-17(12)22)9-23-14-6-5-11(8-19)7-13(14)18/h2-7H,9H2,1H3,(H,20,21,22). The molecule has 0 spiro atoms. The normalized spacial score (nSPS) is 10.7. The van der Waals surface area contributed by atoms with E-state index in [-0.39, 0.29) is 11.1 Å². The van der Waals surface area contributed by atoms with Crippen LogP contribution in [0.5, 0.6) is 0 Å². The summed E-state index contributed by atoms with van der Waals surface area (Å²) in [6.45, 7) is 1.89. The van der Waals surface area contributed by atoms with Crippen molar-refractivity contribution in [1.82, 2.24) is 9.97 Å². The first-order valence-electron chi connectivity index (χ1n) is 6.89. The largest absolute Gasteiger partial charge is 0.309 e. The van der Waals surface area contributed by atoms with Gasteiger partial charge in [0, 0.05) is 4.90 Å². The summed E-state index contributed by atoms with van der Waals surface area (Å²) in [5, 5.41) is 9.29. The molecule has 3 aromatic rings. The molecule has 0 bridgehead atoms. The van der Waals surface area contributed by atoms with Crippen LogP contribution in [0.4, 0.5) is 4.39 Å². The number of nitrogens with one attached hydrogen (secondary N) is 1. The number of para-hydroxylation sites is 1. The van der Waals surface area contributed by atoms with E-state index in [1.807, 2.05) is 25.1 Å². The van der Waals surface area contributed by atoms with Crippen LogP contribution < -0.4 is 5.56 Å². The Labute approximate surface area is 136 Å². The minimum atomic E-state index is -0.451. The highest BCUT2D eigenvalue weighted by Gasteiger charge is 2.09. The SMILES string of the molecule is Cc1cccc2c(=O)[nH]c(CSc3ccc(C#N)cc3F)nc12. The Bertz CT molecular complexity index is 991. The lowest BCUT2D eigenvalue weighted by Gasteiger charge is -2.06. The van der Waals surface area contributed by atoms with Crippen molar-refractivity contribution in [2.45, 2.75) is 17.6 Å². The summed E-state index contributed by atoms with van der Waals surface area (Å²) in [7, 11) is 0. The molecule has 0 amide bonds. The highest BCUT2D eigenvalue weighted by molar-refractivity contribution is 7.98. The fourth-order valence-electron chi connectivity index (χ4n) is 2.25. The van der Waals surface area contributed by atoms with E-state index in [4.69, 9.17) is 5.26 Å². The average Bonchev–Trinajstić information content (AvgIpc) is 2.54. The summed E-state index contributed by atoms with van der Waals surface area (Å²) >= 11 is 1.23. The van der Waals surface area contributed by atoms with Gasteiger partial charge >= 0.3 is 0 Å². The molecular weight excluding hydrogens is 313 g/mol. The second-order valence-corrected chi connectivity index (χ2v) is 6.05. The molecule has 0 radical (unpaired) electrons. The molecule has 6 heteroatoms. The lowest BCUT2D eigenvalue weighted by Crippen LogP contribution is -2.11. The number of hydrogen-bond acceptors (Lipinski definition) is 4. The topological polar surface area (TPSA) is 69.5 Å². The maximum Gasteiger partial charge on any atom is 0.258 e. The van der Waals surface area contributed by atoms with Gasteiger partial charge in [0.15, 0.2) is 0 Å². The van der Waals surface area contributed by atoms with Gasteiger partial charge in [0.1, 0.15) is 11.6 Å². The molecule has 0 atom stereocenters. The summed E-state index contributed by atoms with van der Waals surface area (Å²) in [5.41, 5.74) is 1.66. The van der Waals surface area contributed by atoms with E-state index in [1.54, 1.807) is 18.2 Å². The third-order valence-electron chi connectivity index (χ3n) is 3.41. The van der Waals surface area contributed by atoms with Gasteiger partial charge < -0.3 is 4.98 Å². The van der Waals surface area contributed by atoms with Gasteiger partial charge in [-0.2, -0.15) is 5.26 Å². The summed E-state index contributed by atoms with van der Waals surface area (Å²) in [6.07, 6.45) is 0. The zero-order valence-corrected chi connectivity index (χ0v) is 13.1. The van der Waals surface area contributed by atoms with E-state index in [0.717, 1.165) is 5.56 Å². The predicted octanol–water partition coefficient (Wildman–Crippen LogP) is 3.53. The number of thioether (sulfide) groups is 1. The van der Waals surface area contributed by atoms with Crippen LogP contribution in [-0.2, 0) is 5.75 Å². The van der Waals surface area contributed by atoms with E-state index in [0.29, 0.717) is 27.4 Å². The molecule has 1 heterocycles. The van der Waals surface area contributed by atoms with Crippen LogP contribution in [0.2, 0.25) is 0 Å². The molecular formula is C17H12FN3OS. The molecule has 0 saturated carbocycles. The van der Waals surface area contributed by atoms with Gasteiger partial charge in [0.2, 0.25) is 0 Å². The molecule has 0 aliphatic rings. The van der Waals surface area contributed by atoms with E-state index >= 15 is 0 Å². The van der Waals surface area contributed by atoms with Crippen LogP contribution in [0.25, 0.3) is 10.9 Å². The molecule has 4 nitrogen and oxygen atoms in total. The second-order valence-electron chi connectivity index (χ2n) is 5.03. The maximum absolute atomic E-state index is 13.9. The quantitative estimate of drug-likeness (QED) is 0.748. The van der Waals surface area contributed by atoms with Crippen molar-refractivity contribution >= 4 is 22.7 Å². The Morgan fingerprint density at radius 1 is 1.35 bits per heavy atom. The molecule has 1 aromatic heterocycles. The van der Waals surface area contributed by atoms with Crippen molar-refractivity contribution in [2.75, 3.05) is 0 Å². The molecule has 1 N–H and O–H groups in total. The van der Waals surface area contributed by atoms with Crippen LogP contribution in [0.3, 0.4) is 0 Å². The van der Waals surface area contributed by atoms with Gasteiger partial charge in [-0.1, -0.05) is 12.1 Å². The lowest BCUT2D eigenvalue weighted by molar-refractivity contribution is 0.601. The van der Waals surface area contributed by atoms with E-state index in [9.17, 15) is 9.18 Å². The predicted molar refractivity (Wildman–Crippen MR) is 87.8 cm³/mol. The second kappa shape index (κ2) is 6.23. The molecule has 3 rings (SSSR count).